The van der Waals surface area contributed by atoms with Crippen LogP contribution in [0.4, 0.5) is 0 Å². The van der Waals surface area contributed by atoms with E-state index in [1.165, 1.54) is 11.3 Å². The van der Waals surface area contributed by atoms with E-state index >= 15 is 0 Å². The van der Waals surface area contributed by atoms with Crippen LogP contribution in [0.25, 0.3) is 11.3 Å². The number of benzene rings is 1. The molecule has 0 amide bonds. The van der Waals surface area contributed by atoms with Crippen LogP contribution in [0.2, 0.25) is 0 Å². The molecule has 0 bridgehead atoms. The van der Waals surface area contributed by atoms with Crippen LogP contribution in [0.3, 0.4) is 0 Å². The summed E-state index contributed by atoms with van der Waals surface area (Å²) in [5, 5.41) is 0. The SMILES string of the molecule is NC1CCc2c(-c3ccccc3)nc(Br)n2C1. The number of aromatic nitrogens is 2. The summed E-state index contributed by atoms with van der Waals surface area (Å²) in [6.07, 6.45) is 2.04. The van der Waals surface area contributed by atoms with Crippen molar-refractivity contribution in [3.63, 3.8) is 0 Å². The Morgan fingerprint density at radius 2 is 2.06 bits per heavy atom. The molecule has 0 fully saturated rings. The summed E-state index contributed by atoms with van der Waals surface area (Å²) in [4.78, 5) is 4.62. The monoisotopic (exact) mass is 291 g/mol. The fourth-order valence-electron chi connectivity index (χ4n) is 2.37. The molecule has 3 nitrogen and oxygen atoms in total. The molecule has 1 unspecified atom stereocenters. The van der Waals surface area contributed by atoms with E-state index in [4.69, 9.17) is 5.73 Å². The van der Waals surface area contributed by atoms with Gasteiger partial charge in [0.2, 0.25) is 0 Å². The highest BCUT2D eigenvalue weighted by atomic mass is 79.9. The largest absolute Gasteiger partial charge is 0.326 e. The summed E-state index contributed by atoms with van der Waals surface area (Å²) < 4.78 is 3.08. The molecular weight excluding hydrogens is 278 g/mol. The number of hydrogen-bond acceptors (Lipinski definition) is 2. The fourth-order valence-corrected chi connectivity index (χ4v) is 2.91. The summed E-state index contributed by atoms with van der Waals surface area (Å²) in [6, 6.07) is 10.6. The molecular formula is C13H14BrN3. The molecule has 1 aliphatic rings. The van der Waals surface area contributed by atoms with Crippen molar-refractivity contribution in [1.29, 1.82) is 0 Å². The van der Waals surface area contributed by atoms with E-state index in [9.17, 15) is 0 Å². The van der Waals surface area contributed by atoms with E-state index in [-0.39, 0.29) is 6.04 Å². The maximum Gasteiger partial charge on any atom is 0.177 e. The van der Waals surface area contributed by atoms with Crippen LogP contribution in [-0.2, 0) is 13.0 Å². The summed E-state index contributed by atoms with van der Waals surface area (Å²) in [5.41, 5.74) is 9.56. The van der Waals surface area contributed by atoms with Gasteiger partial charge in [0.15, 0.2) is 4.73 Å². The zero-order valence-corrected chi connectivity index (χ0v) is 11.0. The Morgan fingerprint density at radius 3 is 2.82 bits per heavy atom. The molecule has 0 radical (unpaired) electrons. The summed E-state index contributed by atoms with van der Waals surface area (Å²) in [6.45, 7) is 0.857. The van der Waals surface area contributed by atoms with Gasteiger partial charge in [-0.2, -0.15) is 0 Å². The number of imidazole rings is 1. The molecule has 88 valence electrons. The minimum atomic E-state index is 0.247. The van der Waals surface area contributed by atoms with Gasteiger partial charge in [-0.05, 0) is 28.8 Å². The van der Waals surface area contributed by atoms with Crippen LogP contribution >= 0.6 is 15.9 Å². The van der Waals surface area contributed by atoms with Gasteiger partial charge in [-0.3, -0.25) is 0 Å². The first-order valence-electron chi connectivity index (χ1n) is 5.81. The third kappa shape index (κ3) is 1.91. The Bertz CT molecular complexity index is 533. The van der Waals surface area contributed by atoms with Crippen molar-refractivity contribution in [2.45, 2.75) is 25.4 Å². The fraction of sp³-hybridized carbons (Fsp3) is 0.308. The van der Waals surface area contributed by atoms with Crippen LogP contribution in [0.1, 0.15) is 12.1 Å². The lowest BCUT2D eigenvalue weighted by molar-refractivity contribution is 0.455. The second-order valence-corrected chi connectivity index (χ2v) is 5.16. The zero-order valence-electron chi connectivity index (χ0n) is 9.44. The van der Waals surface area contributed by atoms with E-state index in [1.807, 2.05) is 18.2 Å². The smallest absolute Gasteiger partial charge is 0.177 e. The Balaban J connectivity index is 2.11. The normalized spacial score (nSPS) is 19.1. The van der Waals surface area contributed by atoms with Crippen molar-refractivity contribution >= 4 is 15.9 Å². The standard InChI is InChI=1S/C13H14BrN3/c14-13-16-12(9-4-2-1-3-5-9)11-7-6-10(15)8-17(11)13/h1-5,10H,6-8,15H2. The molecule has 4 heteroatoms. The van der Waals surface area contributed by atoms with Gasteiger partial charge in [-0.15, -0.1) is 0 Å². The lowest BCUT2D eigenvalue weighted by Gasteiger charge is -2.21. The maximum atomic E-state index is 6.00. The van der Waals surface area contributed by atoms with Gasteiger partial charge in [0.25, 0.3) is 0 Å². The van der Waals surface area contributed by atoms with E-state index in [0.29, 0.717) is 0 Å². The highest BCUT2D eigenvalue weighted by Crippen LogP contribution is 2.30. The molecule has 0 saturated carbocycles. The number of fused-ring (bicyclic) bond motifs is 1. The third-order valence-corrected chi connectivity index (χ3v) is 3.85. The summed E-state index contributed by atoms with van der Waals surface area (Å²) in [5.74, 6) is 0. The molecule has 0 aliphatic carbocycles. The van der Waals surface area contributed by atoms with Crippen LogP contribution < -0.4 is 5.73 Å². The second-order valence-electron chi connectivity index (χ2n) is 4.45. The van der Waals surface area contributed by atoms with Gasteiger partial charge >= 0.3 is 0 Å². The molecule has 17 heavy (non-hydrogen) atoms. The van der Waals surface area contributed by atoms with Gasteiger partial charge in [0.1, 0.15) is 0 Å². The first kappa shape index (κ1) is 11.0. The van der Waals surface area contributed by atoms with Crippen molar-refractivity contribution in [3.05, 3.63) is 40.8 Å². The van der Waals surface area contributed by atoms with Crippen LogP contribution in [0, 0.1) is 0 Å². The van der Waals surface area contributed by atoms with E-state index < -0.39 is 0 Å². The van der Waals surface area contributed by atoms with E-state index in [1.54, 1.807) is 0 Å². The first-order valence-corrected chi connectivity index (χ1v) is 6.61. The van der Waals surface area contributed by atoms with Crippen LogP contribution in [0.5, 0.6) is 0 Å². The highest BCUT2D eigenvalue weighted by molar-refractivity contribution is 9.10. The quantitative estimate of drug-likeness (QED) is 0.878. The summed E-state index contributed by atoms with van der Waals surface area (Å²) in [7, 11) is 0. The average molecular weight is 292 g/mol. The number of nitrogens with two attached hydrogens (primary N) is 1. The lowest BCUT2D eigenvalue weighted by Crippen LogP contribution is -2.31. The molecule has 1 aliphatic heterocycles. The predicted octanol–water partition coefficient (Wildman–Crippen LogP) is 2.59. The third-order valence-electron chi connectivity index (χ3n) is 3.24. The predicted molar refractivity (Wildman–Crippen MR) is 71.7 cm³/mol. The number of rotatable bonds is 1. The molecule has 2 heterocycles. The summed E-state index contributed by atoms with van der Waals surface area (Å²) >= 11 is 3.52. The minimum absolute atomic E-state index is 0.247. The molecule has 3 rings (SSSR count). The molecule has 1 aromatic carbocycles. The van der Waals surface area contributed by atoms with Gasteiger partial charge in [0, 0.05) is 23.8 Å². The van der Waals surface area contributed by atoms with Crippen molar-refractivity contribution in [2.24, 2.45) is 5.73 Å². The molecule has 0 spiro atoms. The van der Waals surface area contributed by atoms with Gasteiger partial charge < -0.3 is 10.3 Å². The van der Waals surface area contributed by atoms with E-state index in [2.05, 4.69) is 37.6 Å². The Labute approximate surface area is 109 Å². The Kier molecular flexibility index (Phi) is 2.76. The molecule has 2 aromatic rings. The number of hydrogen-bond donors (Lipinski definition) is 1. The molecule has 1 aromatic heterocycles. The molecule has 0 saturated heterocycles. The van der Waals surface area contributed by atoms with Crippen molar-refractivity contribution in [1.82, 2.24) is 9.55 Å². The second kappa shape index (κ2) is 4.27. The van der Waals surface area contributed by atoms with Crippen molar-refractivity contribution < 1.29 is 0 Å². The Hall–Kier alpha value is -1.13. The first-order chi connectivity index (χ1) is 8.25. The minimum Gasteiger partial charge on any atom is -0.326 e. The van der Waals surface area contributed by atoms with Crippen molar-refractivity contribution in [3.8, 4) is 11.3 Å². The molecule has 2 N–H and O–H groups in total. The van der Waals surface area contributed by atoms with Gasteiger partial charge in [-0.25, -0.2) is 4.98 Å². The van der Waals surface area contributed by atoms with E-state index in [0.717, 1.165) is 29.8 Å². The lowest BCUT2D eigenvalue weighted by atomic mass is 10.0. The molecule has 1 atom stereocenters. The van der Waals surface area contributed by atoms with Crippen molar-refractivity contribution in [2.75, 3.05) is 0 Å². The topological polar surface area (TPSA) is 43.8 Å². The van der Waals surface area contributed by atoms with Gasteiger partial charge in [0.05, 0.1) is 5.69 Å². The average Bonchev–Trinajstić information content (AvgIpc) is 2.68. The van der Waals surface area contributed by atoms with Crippen LogP contribution in [0.15, 0.2) is 35.1 Å². The number of nitrogens with zero attached hydrogens (tertiary/aromatic N) is 2. The zero-order chi connectivity index (χ0) is 11.8. The number of halogens is 1. The van der Waals surface area contributed by atoms with Gasteiger partial charge in [-0.1, -0.05) is 30.3 Å². The highest BCUT2D eigenvalue weighted by Gasteiger charge is 2.22. The Morgan fingerprint density at radius 1 is 1.29 bits per heavy atom. The van der Waals surface area contributed by atoms with Crippen LogP contribution in [-0.4, -0.2) is 15.6 Å². The maximum absolute atomic E-state index is 6.00.